The van der Waals surface area contributed by atoms with Crippen molar-refractivity contribution < 1.29 is 27.2 Å². The monoisotopic (exact) mass is 420 g/mol. The predicted molar refractivity (Wildman–Crippen MR) is 102 cm³/mol. The average molecular weight is 420 g/mol. The lowest BCUT2D eigenvalue weighted by atomic mass is 10.1. The molecule has 0 unspecified atom stereocenters. The number of hydrogen-bond acceptors (Lipinski definition) is 3. The zero-order chi connectivity index (χ0) is 22.1. The SMILES string of the molecule is Cc1cc(C(=O)Nc2ccc(NC(=O)c3ccccc3F)cc2C(F)(F)F)n(C)n1. The number of halogens is 4. The largest absolute Gasteiger partial charge is 0.418 e. The van der Waals surface area contributed by atoms with Crippen molar-refractivity contribution in [2.75, 3.05) is 10.6 Å². The molecule has 0 saturated carbocycles. The lowest BCUT2D eigenvalue weighted by Crippen LogP contribution is -2.20. The Morgan fingerprint density at radius 1 is 1.00 bits per heavy atom. The van der Waals surface area contributed by atoms with E-state index in [9.17, 15) is 27.2 Å². The summed E-state index contributed by atoms with van der Waals surface area (Å²) in [4.78, 5) is 24.5. The molecule has 6 nitrogen and oxygen atoms in total. The number of alkyl halides is 3. The van der Waals surface area contributed by atoms with Gasteiger partial charge in [-0.2, -0.15) is 18.3 Å². The van der Waals surface area contributed by atoms with Gasteiger partial charge in [0.15, 0.2) is 0 Å². The lowest BCUT2D eigenvalue weighted by Gasteiger charge is -2.16. The number of aryl methyl sites for hydroxylation is 2. The minimum absolute atomic E-state index is 0.0811. The van der Waals surface area contributed by atoms with E-state index < -0.39 is 35.1 Å². The smallest absolute Gasteiger partial charge is 0.322 e. The molecule has 1 heterocycles. The molecule has 0 aliphatic carbocycles. The topological polar surface area (TPSA) is 76.0 Å². The first-order valence-electron chi connectivity index (χ1n) is 8.65. The quantitative estimate of drug-likeness (QED) is 0.615. The molecule has 10 heteroatoms. The molecule has 3 aromatic rings. The summed E-state index contributed by atoms with van der Waals surface area (Å²) in [7, 11) is 1.49. The molecule has 0 spiro atoms. The summed E-state index contributed by atoms with van der Waals surface area (Å²) in [6, 6.07) is 9.38. The number of aromatic nitrogens is 2. The normalized spacial score (nSPS) is 11.3. The zero-order valence-corrected chi connectivity index (χ0v) is 15.8. The van der Waals surface area contributed by atoms with E-state index >= 15 is 0 Å². The van der Waals surface area contributed by atoms with Gasteiger partial charge >= 0.3 is 6.18 Å². The Bertz CT molecular complexity index is 1120. The third-order valence-electron chi connectivity index (χ3n) is 4.18. The third kappa shape index (κ3) is 4.48. The van der Waals surface area contributed by atoms with Gasteiger partial charge in [-0.1, -0.05) is 12.1 Å². The van der Waals surface area contributed by atoms with Crippen molar-refractivity contribution in [1.29, 1.82) is 0 Å². The number of nitrogens with one attached hydrogen (secondary N) is 2. The van der Waals surface area contributed by atoms with Crippen molar-refractivity contribution in [3.05, 3.63) is 76.9 Å². The molecule has 0 aliphatic rings. The van der Waals surface area contributed by atoms with Gasteiger partial charge in [0.05, 0.1) is 22.5 Å². The van der Waals surface area contributed by atoms with E-state index in [2.05, 4.69) is 15.7 Å². The van der Waals surface area contributed by atoms with Crippen LogP contribution in [-0.4, -0.2) is 21.6 Å². The second kappa shape index (κ2) is 7.97. The molecule has 30 heavy (non-hydrogen) atoms. The van der Waals surface area contributed by atoms with Gasteiger partial charge in [-0.05, 0) is 43.3 Å². The Labute approximate surface area is 168 Å². The maximum atomic E-state index is 13.7. The van der Waals surface area contributed by atoms with Crippen molar-refractivity contribution in [2.24, 2.45) is 7.05 Å². The highest BCUT2D eigenvalue weighted by Crippen LogP contribution is 2.37. The van der Waals surface area contributed by atoms with Crippen molar-refractivity contribution in [1.82, 2.24) is 9.78 Å². The van der Waals surface area contributed by atoms with E-state index in [1.165, 1.54) is 42.1 Å². The van der Waals surface area contributed by atoms with Gasteiger partial charge in [0.1, 0.15) is 11.5 Å². The van der Waals surface area contributed by atoms with Crippen molar-refractivity contribution >= 4 is 23.2 Å². The first kappa shape index (κ1) is 21.0. The summed E-state index contributed by atoms with van der Waals surface area (Å²) in [5.41, 5.74) is -1.56. The van der Waals surface area contributed by atoms with Crippen LogP contribution >= 0.6 is 0 Å². The highest BCUT2D eigenvalue weighted by Gasteiger charge is 2.34. The average Bonchev–Trinajstić information content (AvgIpc) is 3.00. The second-order valence-corrected chi connectivity index (χ2v) is 6.44. The Balaban J connectivity index is 1.89. The van der Waals surface area contributed by atoms with Crippen LogP contribution in [0.25, 0.3) is 0 Å². The number of anilines is 2. The summed E-state index contributed by atoms with van der Waals surface area (Å²) >= 11 is 0. The van der Waals surface area contributed by atoms with Crippen LogP contribution in [0.15, 0.2) is 48.5 Å². The van der Waals surface area contributed by atoms with E-state index in [0.717, 1.165) is 12.1 Å². The Morgan fingerprint density at radius 2 is 1.70 bits per heavy atom. The number of nitrogens with zero attached hydrogens (tertiary/aromatic N) is 2. The van der Waals surface area contributed by atoms with Gasteiger partial charge < -0.3 is 10.6 Å². The fraction of sp³-hybridized carbons (Fsp3) is 0.150. The molecule has 0 saturated heterocycles. The van der Waals surface area contributed by atoms with E-state index in [1.807, 2.05) is 0 Å². The summed E-state index contributed by atoms with van der Waals surface area (Å²) in [6.45, 7) is 1.64. The van der Waals surface area contributed by atoms with Crippen LogP contribution in [0.2, 0.25) is 0 Å². The molecule has 0 fully saturated rings. The summed E-state index contributed by atoms with van der Waals surface area (Å²) in [5, 5.41) is 8.43. The third-order valence-corrected chi connectivity index (χ3v) is 4.18. The van der Waals surface area contributed by atoms with Crippen molar-refractivity contribution in [2.45, 2.75) is 13.1 Å². The molecule has 2 amide bonds. The summed E-state index contributed by atoms with van der Waals surface area (Å²) in [5.74, 6) is -2.48. The Hall–Kier alpha value is -3.69. The molecular weight excluding hydrogens is 404 g/mol. The van der Waals surface area contributed by atoms with Gasteiger partial charge in [0.25, 0.3) is 11.8 Å². The maximum Gasteiger partial charge on any atom is 0.418 e. The number of rotatable bonds is 4. The number of benzene rings is 2. The van der Waals surface area contributed by atoms with Crippen molar-refractivity contribution in [3.63, 3.8) is 0 Å². The molecule has 1 aromatic heterocycles. The molecule has 3 rings (SSSR count). The molecule has 156 valence electrons. The first-order chi connectivity index (χ1) is 14.1. The maximum absolute atomic E-state index is 13.7. The van der Waals surface area contributed by atoms with E-state index in [1.54, 1.807) is 6.92 Å². The second-order valence-electron chi connectivity index (χ2n) is 6.44. The van der Waals surface area contributed by atoms with Gasteiger partial charge in [0, 0.05) is 12.7 Å². The number of carbonyl (C=O) groups is 2. The summed E-state index contributed by atoms with van der Waals surface area (Å²) in [6.07, 6.45) is -4.82. The highest BCUT2D eigenvalue weighted by atomic mass is 19.4. The molecular formula is C20H16F4N4O2. The molecule has 0 aliphatic heterocycles. The Morgan fingerprint density at radius 3 is 2.30 bits per heavy atom. The molecule has 0 bridgehead atoms. The van der Waals surface area contributed by atoms with Gasteiger partial charge in [-0.25, -0.2) is 4.39 Å². The van der Waals surface area contributed by atoms with Crippen LogP contribution in [-0.2, 0) is 13.2 Å². The van der Waals surface area contributed by atoms with Gasteiger partial charge in [-0.15, -0.1) is 0 Å². The van der Waals surface area contributed by atoms with Crippen LogP contribution in [0, 0.1) is 12.7 Å². The first-order valence-corrected chi connectivity index (χ1v) is 8.65. The molecule has 0 atom stereocenters. The van der Waals surface area contributed by atoms with Crippen LogP contribution < -0.4 is 10.6 Å². The number of amides is 2. The molecule has 2 aromatic carbocycles. The fourth-order valence-corrected chi connectivity index (χ4v) is 2.82. The zero-order valence-electron chi connectivity index (χ0n) is 15.8. The van der Waals surface area contributed by atoms with Crippen LogP contribution in [0.3, 0.4) is 0 Å². The van der Waals surface area contributed by atoms with Crippen LogP contribution in [0.5, 0.6) is 0 Å². The summed E-state index contributed by atoms with van der Waals surface area (Å²) < 4.78 is 55.6. The minimum atomic E-state index is -4.82. The van der Waals surface area contributed by atoms with E-state index in [-0.39, 0.29) is 16.9 Å². The molecule has 2 N–H and O–H groups in total. The lowest BCUT2D eigenvalue weighted by molar-refractivity contribution is -0.136. The van der Waals surface area contributed by atoms with Crippen molar-refractivity contribution in [3.8, 4) is 0 Å². The number of hydrogen-bond donors (Lipinski definition) is 2. The molecule has 0 radical (unpaired) electrons. The van der Waals surface area contributed by atoms with Gasteiger partial charge in [0.2, 0.25) is 0 Å². The van der Waals surface area contributed by atoms with Crippen LogP contribution in [0.1, 0.15) is 32.1 Å². The van der Waals surface area contributed by atoms with E-state index in [4.69, 9.17) is 0 Å². The van der Waals surface area contributed by atoms with Gasteiger partial charge in [-0.3, -0.25) is 14.3 Å². The fourth-order valence-electron chi connectivity index (χ4n) is 2.82. The Kier molecular flexibility index (Phi) is 5.59. The minimum Gasteiger partial charge on any atom is -0.322 e. The highest BCUT2D eigenvalue weighted by molar-refractivity contribution is 6.05. The predicted octanol–water partition coefficient (Wildman–Crippen LogP) is 4.39. The van der Waals surface area contributed by atoms with Crippen LogP contribution in [0.4, 0.5) is 28.9 Å². The number of carbonyl (C=O) groups excluding carboxylic acids is 2. The van der Waals surface area contributed by atoms with E-state index in [0.29, 0.717) is 11.8 Å². The standard InChI is InChI=1S/C20H16F4N4O2/c1-11-9-17(28(2)27-11)19(30)26-16-8-7-12(10-14(16)20(22,23)24)25-18(29)13-5-3-4-6-15(13)21/h3-10H,1-2H3,(H,25,29)(H,26,30).